The Morgan fingerprint density at radius 2 is 1.84 bits per heavy atom. The van der Waals surface area contributed by atoms with Crippen molar-refractivity contribution in [1.29, 1.82) is 0 Å². The van der Waals surface area contributed by atoms with Gasteiger partial charge < -0.3 is 5.32 Å². The largest absolute Gasteiger partial charge is 0.384 e. The van der Waals surface area contributed by atoms with Crippen LogP contribution in [-0.2, 0) is 0 Å². The minimum absolute atomic E-state index is 0.761. The van der Waals surface area contributed by atoms with Crippen molar-refractivity contribution in [3.8, 4) is 0 Å². The van der Waals surface area contributed by atoms with E-state index >= 15 is 0 Å². The fourth-order valence-corrected chi connectivity index (χ4v) is 3.06. The number of nitrogens with one attached hydrogen (secondary N) is 1. The molecule has 0 spiro atoms. The van der Waals surface area contributed by atoms with Crippen molar-refractivity contribution in [1.82, 2.24) is 4.90 Å². The summed E-state index contributed by atoms with van der Waals surface area (Å²) in [5.74, 6) is 0.761. The van der Waals surface area contributed by atoms with Gasteiger partial charge in [0.1, 0.15) is 0 Å². The zero-order chi connectivity index (χ0) is 13.5. The van der Waals surface area contributed by atoms with Crippen molar-refractivity contribution < 1.29 is 0 Å². The number of nitrogens with zero attached hydrogens (tertiary/aromatic N) is 1. The third-order valence-electron chi connectivity index (χ3n) is 3.94. The summed E-state index contributed by atoms with van der Waals surface area (Å²) in [5, 5.41) is 3.53. The van der Waals surface area contributed by atoms with Gasteiger partial charge in [-0.25, -0.2) is 0 Å². The van der Waals surface area contributed by atoms with Gasteiger partial charge in [-0.15, -0.1) is 0 Å². The van der Waals surface area contributed by atoms with Crippen LogP contribution in [0, 0.1) is 5.92 Å². The Kier molecular flexibility index (Phi) is 5.71. The molecule has 0 atom stereocenters. The molecule has 2 nitrogen and oxygen atoms in total. The lowest BCUT2D eigenvalue weighted by Gasteiger charge is -2.30. The summed E-state index contributed by atoms with van der Waals surface area (Å²) in [5.41, 5.74) is 1.23. The first-order valence-corrected chi connectivity index (χ1v) is 7.78. The molecule has 0 amide bonds. The molecule has 0 aromatic heterocycles. The molecule has 1 fully saturated rings. The van der Waals surface area contributed by atoms with Gasteiger partial charge >= 0.3 is 0 Å². The second kappa shape index (κ2) is 7.54. The van der Waals surface area contributed by atoms with E-state index in [0.717, 1.165) is 25.0 Å². The molecule has 1 aromatic rings. The molecule has 1 aliphatic rings. The van der Waals surface area contributed by atoms with Crippen molar-refractivity contribution in [2.24, 2.45) is 5.92 Å². The lowest BCUT2D eigenvalue weighted by molar-refractivity contribution is 0.184. The van der Waals surface area contributed by atoms with Gasteiger partial charge in [-0.05, 0) is 30.9 Å². The summed E-state index contributed by atoms with van der Waals surface area (Å²) in [6.07, 6.45) is 5.65. The fraction of sp³-hybridized carbons (Fsp3) is 0.647. The molecule has 1 aliphatic carbocycles. The van der Waals surface area contributed by atoms with Gasteiger partial charge in [0.2, 0.25) is 0 Å². The van der Waals surface area contributed by atoms with Crippen molar-refractivity contribution in [3.05, 3.63) is 30.3 Å². The van der Waals surface area contributed by atoms with Gasteiger partial charge in [-0.2, -0.15) is 0 Å². The fourth-order valence-electron chi connectivity index (χ4n) is 3.06. The summed E-state index contributed by atoms with van der Waals surface area (Å²) in [4.78, 5) is 2.70. The summed E-state index contributed by atoms with van der Waals surface area (Å²) in [7, 11) is 0. The monoisotopic (exact) mass is 260 g/mol. The van der Waals surface area contributed by atoms with Gasteiger partial charge in [-0.1, -0.05) is 44.9 Å². The van der Waals surface area contributed by atoms with Crippen molar-refractivity contribution >= 4 is 5.69 Å². The molecule has 1 saturated carbocycles. The van der Waals surface area contributed by atoms with E-state index in [1.165, 1.54) is 37.9 Å². The quantitative estimate of drug-likeness (QED) is 0.797. The lowest BCUT2D eigenvalue weighted by atomic mass is 10.1. The first kappa shape index (κ1) is 14.4. The Morgan fingerprint density at radius 3 is 2.47 bits per heavy atom. The van der Waals surface area contributed by atoms with E-state index in [0.29, 0.717) is 0 Å². The normalized spacial score (nSPS) is 16.4. The second-order valence-electron chi connectivity index (χ2n) is 6.12. The molecule has 2 heteroatoms. The number of rotatable bonds is 7. The van der Waals surface area contributed by atoms with Crippen LogP contribution in [0.25, 0.3) is 0 Å². The lowest BCUT2D eigenvalue weighted by Crippen LogP contribution is -2.39. The van der Waals surface area contributed by atoms with Crippen molar-refractivity contribution in [2.75, 3.05) is 25.0 Å². The number of para-hydroxylation sites is 1. The van der Waals surface area contributed by atoms with Crippen LogP contribution in [-0.4, -0.2) is 30.6 Å². The zero-order valence-corrected chi connectivity index (χ0v) is 12.4. The van der Waals surface area contributed by atoms with E-state index in [2.05, 4.69) is 54.4 Å². The van der Waals surface area contributed by atoms with Crippen LogP contribution in [0.15, 0.2) is 30.3 Å². The molecule has 2 rings (SSSR count). The van der Waals surface area contributed by atoms with Gasteiger partial charge in [0.25, 0.3) is 0 Å². The number of anilines is 1. The van der Waals surface area contributed by atoms with E-state index in [1.54, 1.807) is 0 Å². The first-order chi connectivity index (χ1) is 9.25. The molecular formula is C17H28N2. The maximum Gasteiger partial charge on any atom is 0.0340 e. The molecule has 0 heterocycles. The van der Waals surface area contributed by atoms with Gasteiger partial charge in [0.15, 0.2) is 0 Å². The molecule has 0 radical (unpaired) electrons. The van der Waals surface area contributed by atoms with Crippen molar-refractivity contribution in [2.45, 2.75) is 45.6 Å². The smallest absolute Gasteiger partial charge is 0.0340 e. The highest BCUT2D eigenvalue weighted by molar-refractivity contribution is 5.42. The van der Waals surface area contributed by atoms with Crippen LogP contribution in [0.3, 0.4) is 0 Å². The summed E-state index contributed by atoms with van der Waals surface area (Å²) in [6, 6.07) is 11.4. The summed E-state index contributed by atoms with van der Waals surface area (Å²) < 4.78 is 0. The number of hydrogen-bond acceptors (Lipinski definition) is 2. The molecular weight excluding hydrogens is 232 g/mol. The Morgan fingerprint density at radius 1 is 1.16 bits per heavy atom. The van der Waals surface area contributed by atoms with Gasteiger partial charge in [-0.3, -0.25) is 4.90 Å². The average Bonchev–Trinajstić information content (AvgIpc) is 2.92. The van der Waals surface area contributed by atoms with Gasteiger partial charge in [0.05, 0.1) is 0 Å². The second-order valence-corrected chi connectivity index (χ2v) is 6.12. The highest BCUT2D eigenvalue weighted by Crippen LogP contribution is 2.24. The molecule has 19 heavy (non-hydrogen) atoms. The van der Waals surface area contributed by atoms with E-state index in [9.17, 15) is 0 Å². The Balaban J connectivity index is 1.79. The topological polar surface area (TPSA) is 15.3 Å². The standard InChI is InChI=1S/C17H28N2/c1-15(2)14-19(17-10-6-7-11-17)13-12-18-16-8-4-3-5-9-16/h3-5,8-9,15,17-18H,6-7,10-14H2,1-2H3. The summed E-state index contributed by atoms with van der Waals surface area (Å²) in [6.45, 7) is 8.10. The third kappa shape index (κ3) is 4.87. The molecule has 0 unspecified atom stereocenters. The molecule has 1 N–H and O–H groups in total. The molecule has 106 valence electrons. The van der Waals surface area contributed by atoms with E-state index in [4.69, 9.17) is 0 Å². The maximum absolute atomic E-state index is 3.53. The highest BCUT2D eigenvalue weighted by Gasteiger charge is 2.22. The Hall–Kier alpha value is -1.02. The van der Waals surface area contributed by atoms with E-state index < -0.39 is 0 Å². The van der Waals surface area contributed by atoms with Crippen LogP contribution in [0.5, 0.6) is 0 Å². The number of hydrogen-bond donors (Lipinski definition) is 1. The predicted octanol–water partition coefficient (Wildman–Crippen LogP) is 4.00. The maximum atomic E-state index is 3.53. The Bertz CT molecular complexity index is 342. The number of benzene rings is 1. The van der Waals surface area contributed by atoms with Gasteiger partial charge in [0, 0.05) is 31.4 Å². The molecule has 0 aliphatic heterocycles. The average molecular weight is 260 g/mol. The van der Waals surface area contributed by atoms with E-state index in [-0.39, 0.29) is 0 Å². The molecule has 1 aromatic carbocycles. The van der Waals surface area contributed by atoms with E-state index in [1.807, 2.05) is 0 Å². The summed E-state index contributed by atoms with van der Waals surface area (Å²) >= 11 is 0. The minimum Gasteiger partial charge on any atom is -0.384 e. The van der Waals surface area contributed by atoms with Crippen LogP contribution in [0.4, 0.5) is 5.69 Å². The predicted molar refractivity (Wildman–Crippen MR) is 83.6 cm³/mol. The van der Waals surface area contributed by atoms with Crippen molar-refractivity contribution in [3.63, 3.8) is 0 Å². The molecule has 0 saturated heterocycles. The SMILES string of the molecule is CC(C)CN(CCNc1ccccc1)C1CCCC1. The van der Waals surface area contributed by atoms with Crippen LogP contribution < -0.4 is 5.32 Å². The van der Waals surface area contributed by atoms with Crippen LogP contribution in [0.2, 0.25) is 0 Å². The minimum atomic E-state index is 0.761. The zero-order valence-electron chi connectivity index (χ0n) is 12.4. The first-order valence-electron chi connectivity index (χ1n) is 7.78. The van der Waals surface area contributed by atoms with Crippen LogP contribution >= 0.6 is 0 Å². The molecule has 0 bridgehead atoms. The third-order valence-corrected chi connectivity index (χ3v) is 3.94. The van der Waals surface area contributed by atoms with Crippen LogP contribution in [0.1, 0.15) is 39.5 Å². The Labute approximate surface area is 118 Å². The highest BCUT2D eigenvalue weighted by atomic mass is 15.2.